The molecule has 2 aliphatic heterocycles. The fourth-order valence-corrected chi connectivity index (χ4v) is 5.63. The quantitative estimate of drug-likeness (QED) is 0.604. The molecule has 0 saturated carbocycles. The van der Waals surface area contributed by atoms with Gasteiger partial charge in [0.1, 0.15) is 5.60 Å². The van der Waals surface area contributed by atoms with E-state index in [4.69, 9.17) is 4.74 Å². The first kappa shape index (κ1) is 26.4. The summed E-state index contributed by atoms with van der Waals surface area (Å²) in [7, 11) is 1.65. The van der Waals surface area contributed by atoms with Crippen molar-refractivity contribution in [2.75, 3.05) is 20.1 Å². The first-order chi connectivity index (χ1) is 16.9. The molecule has 2 aromatic rings. The van der Waals surface area contributed by atoms with E-state index in [0.29, 0.717) is 24.3 Å². The zero-order chi connectivity index (χ0) is 26.2. The molecule has 1 unspecified atom stereocenters. The molecule has 9 nitrogen and oxygen atoms in total. The van der Waals surface area contributed by atoms with E-state index in [1.54, 1.807) is 7.05 Å². The predicted octanol–water partition coefficient (Wildman–Crippen LogP) is 3.57. The first-order valence-corrected chi connectivity index (χ1v) is 13.1. The number of aliphatic hydroxyl groups excluding tert-OH is 1. The molecule has 3 heterocycles. The Morgan fingerprint density at radius 2 is 1.83 bits per heavy atom. The summed E-state index contributed by atoms with van der Waals surface area (Å²) in [5.41, 5.74) is 0.883. The van der Waals surface area contributed by atoms with Gasteiger partial charge in [-0.1, -0.05) is 18.2 Å². The molecule has 1 aromatic carbocycles. The van der Waals surface area contributed by atoms with Gasteiger partial charge in [0, 0.05) is 43.1 Å². The SMILES string of the molecule is CC(C)n1nc(C(=O)NC2C[C@H]3CC[C@@H](C2)N3C[C@@H](O)CN(C)C(=O)OC(C)(C)C)c2ccccc21. The fourth-order valence-electron chi connectivity index (χ4n) is 5.63. The molecular formula is C27H41N5O4. The lowest BCUT2D eigenvalue weighted by Gasteiger charge is -2.40. The van der Waals surface area contributed by atoms with Crippen molar-refractivity contribution >= 4 is 22.9 Å². The van der Waals surface area contributed by atoms with Gasteiger partial charge in [-0.15, -0.1) is 0 Å². The molecule has 1 aromatic heterocycles. The molecule has 4 atom stereocenters. The maximum Gasteiger partial charge on any atom is 0.410 e. The number of aromatic nitrogens is 2. The maximum atomic E-state index is 13.3. The number of nitrogens with zero attached hydrogens (tertiary/aromatic N) is 4. The average Bonchev–Trinajstić information content (AvgIpc) is 3.27. The van der Waals surface area contributed by atoms with Gasteiger partial charge in [-0.05, 0) is 66.4 Å². The van der Waals surface area contributed by atoms with E-state index < -0.39 is 17.8 Å². The Morgan fingerprint density at radius 1 is 1.19 bits per heavy atom. The van der Waals surface area contributed by atoms with Crippen LogP contribution in [0.15, 0.2) is 24.3 Å². The Labute approximate surface area is 213 Å². The minimum absolute atomic E-state index is 0.0794. The topological polar surface area (TPSA) is 99.9 Å². The molecule has 2 amide bonds. The van der Waals surface area contributed by atoms with Gasteiger partial charge in [-0.3, -0.25) is 14.4 Å². The van der Waals surface area contributed by atoms with E-state index in [2.05, 4.69) is 29.2 Å². The van der Waals surface area contributed by atoms with Crippen molar-refractivity contribution in [3.05, 3.63) is 30.0 Å². The van der Waals surface area contributed by atoms with Crippen molar-refractivity contribution in [2.24, 2.45) is 0 Å². The van der Waals surface area contributed by atoms with Crippen LogP contribution in [0.3, 0.4) is 0 Å². The van der Waals surface area contributed by atoms with Crippen LogP contribution in [-0.4, -0.2) is 86.7 Å². The third-order valence-electron chi connectivity index (χ3n) is 7.15. The van der Waals surface area contributed by atoms with Crippen LogP contribution in [0.25, 0.3) is 10.9 Å². The summed E-state index contributed by atoms with van der Waals surface area (Å²) >= 11 is 0. The number of rotatable bonds is 7. The molecule has 2 aliphatic rings. The highest BCUT2D eigenvalue weighted by Gasteiger charge is 2.42. The molecule has 0 spiro atoms. The highest BCUT2D eigenvalue weighted by atomic mass is 16.6. The van der Waals surface area contributed by atoms with E-state index in [1.807, 2.05) is 49.7 Å². The number of aliphatic hydroxyl groups is 1. The van der Waals surface area contributed by atoms with Gasteiger partial charge in [0.15, 0.2) is 5.69 Å². The summed E-state index contributed by atoms with van der Waals surface area (Å²) in [4.78, 5) is 29.3. The molecule has 4 rings (SSSR count). The smallest absolute Gasteiger partial charge is 0.410 e. The van der Waals surface area contributed by atoms with Crippen LogP contribution in [0.1, 0.15) is 76.8 Å². The molecule has 0 radical (unpaired) electrons. The summed E-state index contributed by atoms with van der Waals surface area (Å²) in [5.74, 6) is -0.123. The van der Waals surface area contributed by atoms with Gasteiger partial charge in [0.05, 0.1) is 18.2 Å². The van der Waals surface area contributed by atoms with Crippen LogP contribution in [0.4, 0.5) is 4.79 Å². The largest absolute Gasteiger partial charge is 0.444 e. The minimum atomic E-state index is -0.664. The Hall–Kier alpha value is -2.65. The number of hydrogen-bond acceptors (Lipinski definition) is 6. The van der Waals surface area contributed by atoms with Crippen molar-refractivity contribution in [2.45, 2.75) is 96.2 Å². The number of ether oxygens (including phenoxy) is 1. The molecule has 198 valence electrons. The van der Waals surface area contributed by atoms with Crippen LogP contribution in [0.2, 0.25) is 0 Å². The zero-order valence-corrected chi connectivity index (χ0v) is 22.4. The van der Waals surface area contributed by atoms with E-state index in [1.165, 1.54) is 4.90 Å². The standard InChI is InChI=1S/C27H41N5O4/c1-17(2)32-23-10-8-7-9-22(23)24(29-32)25(34)28-18-13-19-11-12-20(14-18)31(19)16-21(33)15-30(6)26(35)36-27(3,4)5/h7-10,17-21,33H,11-16H2,1-6H3,(H,28,34)/t18?,19-,20+,21-/m0/s1. The average molecular weight is 500 g/mol. The van der Waals surface area contributed by atoms with Crippen LogP contribution < -0.4 is 5.32 Å². The van der Waals surface area contributed by atoms with Gasteiger partial charge in [-0.2, -0.15) is 5.10 Å². The molecule has 2 bridgehead atoms. The van der Waals surface area contributed by atoms with Gasteiger partial charge >= 0.3 is 6.09 Å². The number of fused-ring (bicyclic) bond motifs is 3. The number of hydrogen-bond donors (Lipinski definition) is 2. The number of carbonyl (C=O) groups excluding carboxylic acids is 2. The van der Waals surface area contributed by atoms with Crippen LogP contribution >= 0.6 is 0 Å². The second kappa shape index (κ2) is 10.4. The Kier molecular flexibility index (Phi) is 7.61. The van der Waals surface area contributed by atoms with Crippen LogP contribution in [0, 0.1) is 0 Å². The van der Waals surface area contributed by atoms with Crippen molar-refractivity contribution in [3.63, 3.8) is 0 Å². The highest BCUT2D eigenvalue weighted by molar-refractivity contribution is 6.05. The summed E-state index contributed by atoms with van der Waals surface area (Å²) in [6, 6.07) is 8.72. The van der Waals surface area contributed by atoms with E-state index in [-0.39, 0.29) is 24.5 Å². The summed E-state index contributed by atoms with van der Waals surface area (Å²) in [6.45, 7) is 10.3. The lowest BCUT2D eigenvalue weighted by molar-refractivity contribution is 0.00913. The third-order valence-corrected chi connectivity index (χ3v) is 7.15. The number of nitrogens with one attached hydrogen (secondary N) is 1. The van der Waals surface area contributed by atoms with Crippen LogP contribution in [0.5, 0.6) is 0 Å². The number of piperidine rings is 1. The Balaban J connectivity index is 1.34. The minimum Gasteiger partial charge on any atom is -0.444 e. The summed E-state index contributed by atoms with van der Waals surface area (Å²) in [6.07, 6.45) is 2.70. The molecule has 0 aliphatic carbocycles. The number of carbonyl (C=O) groups is 2. The molecule has 2 N–H and O–H groups in total. The van der Waals surface area contributed by atoms with Crippen molar-refractivity contribution < 1.29 is 19.4 Å². The molecular weight excluding hydrogens is 458 g/mol. The lowest BCUT2D eigenvalue weighted by atomic mass is 9.96. The van der Waals surface area contributed by atoms with Crippen molar-refractivity contribution in [1.29, 1.82) is 0 Å². The second-order valence-electron chi connectivity index (χ2n) is 11.6. The number of benzene rings is 1. The first-order valence-electron chi connectivity index (χ1n) is 13.1. The van der Waals surface area contributed by atoms with Crippen molar-refractivity contribution in [1.82, 2.24) is 24.9 Å². The normalized spacial score (nSPS) is 23.2. The number of amides is 2. The van der Waals surface area contributed by atoms with Gasteiger partial charge < -0.3 is 20.1 Å². The predicted molar refractivity (Wildman–Crippen MR) is 139 cm³/mol. The van der Waals surface area contributed by atoms with Gasteiger partial charge in [0.2, 0.25) is 0 Å². The highest BCUT2D eigenvalue weighted by Crippen LogP contribution is 2.36. The fraction of sp³-hybridized carbons (Fsp3) is 0.667. The van der Waals surface area contributed by atoms with Gasteiger partial charge in [0.25, 0.3) is 5.91 Å². The molecule has 36 heavy (non-hydrogen) atoms. The third kappa shape index (κ3) is 5.83. The molecule has 2 fully saturated rings. The molecule has 9 heteroatoms. The zero-order valence-electron chi connectivity index (χ0n) is 22.4. The number of likely N-dealkylation sites (N-methyl/N-ethyl adjacent to an activating group) is 1. The Morgan fingerprint density at radius 3 is 2.44 bits per heavy atom. The summed E-state index contributed by atoms with van der Waals surface area (Å²) in [5, 5.41) is 19.5. The van der Waals surface area contributed by atoms with E-state index in [0.717, 1.165) is 36.6 Å². The van der Waals surface area contributed by atoms with E-state index >= 15 is 0 Å². The van der Waals surface area contributed by atoms with Crippen molar-refractivity contribution in [3.8, 4) is 0 Å². The van der Waals surface area contributed by atoms with Crippen LogP contribution in [-0.2, 0) is 4.74 Å². The van der Waals surface area contributed by atoms with E-state index in [9.17, 15) is 14.7 Å². The monoisotopic (exact) mass is 499 g/mol. The maximum absolute atomic E-state index is 13.3. The van der Waals surface area contributed by atoms with Gasteiger partial charge in [-0.25, -0.2) is 4.79 Å². The summed E-state index contributed by atoms with van der Waals surface area (Å²) < 4.78 is 7.30. The second-order valence-corrected chi connectivity index (χ2v) is 11.6. The lowest BCUT2D eigenvalue weighted by Crippen LogP contribution is -2.53. The Bertz CT molecular complexity index is 1080. The molecule has 2 saturated heterocycles. The number of para-hydroxylation sites is 1.